The summed E-state index contributed by atoms with van der Waals surface area (Å²) in [6.45, 7) is 10.7. The molecule has 1 amide bonds. The van der Waals surface area contributed by atoms with Crippen LogP contribution in [0.25, 0.3) is 11.3 Å². The highest BCUT2D eigenvalue weighted by Gasteiger charge is 2.50. The summed E-state index contributed by atoms with van der Waals surface area (Å²) in [7, 11) is -1.93. The fourth-order valence-corrected chi connectivity index (χ4v) is 8.26. The summed E-state index contributed by atoms with van der Waals surface area (Å²) in [6.07, 6.45) is 4.93. The van der Waals surface area contributed by atoms with Crippen LogP contribution in [0.3, 0.4) is 0 Å². The van der Waals surface area contributed by atoms with Gasteiger partial charge >= 0.3 is 0 Å². The quantitative estimate of drug-likeness (QED) is 0.362. The van der Waals surface area contributed by atoms with E-state index in [4.69, 9.17) is 4.74 Å². The fourth-order valence-electron chi connectivity index (χ4n) is 7.27. The van der Waals surface area contributed by atoms with E-state index in [2.05, 4.69) is 40.5 Å². The van der Waals surface area contributed by atoms with Crippen LogP contribution in [0.4, 0.5) is 5.95 Å². The van der Waals surface area contributed by atoms with Gasteiger partial charge in [-0.15, -0.1) is 12.4 Å². The Morgan fingerprint density at radius 1 is 1.02 bits per heavy atom. The van der Waals surface area contributed by atoms with Crippen LogP contribution in [-0.2, 0) is 10.0 Å². The van der Waals surface area contributed by atoms with Crippen molar-refractivity contribution in [2.75, 3.05) is 31.5 Å². The number of halogens is 1. The van der Waals surface area contributed by atoms with Gasteiger partial charge in [0, 0.05) is 23.2 Å². The van der Waals surface area contributed by atoms with Crippen LogP contribution >= 0.6 is 12.4 Å². The van der Waals surface area contributed by atoms with Crippen LogP contribution in [0.5, 0.6) is 5.88 Å². The third-order valence-corrected chi connectivity index (χ3v) is 11.0. The molecule has 1 atom stereocenters. The van der Waals surface area contributed by atoms with Gasteiger partial charge in [0.05, 0.1) is 16.6 Å². The SMILES string of the molecule is Cc1cccc(C)c1-c1cc2nc(n1)NS(=O)(=O)c1cccc(c1)C(=O)N(C1CC3(CCN(C)CC3)C1)[C@H](CC(C)C)CO2.Cl. The number of rotatable bonds is 4. The van der Waals surface area contributed by atoms with Crippen LogP contribution in [0, 0.1) is 25.2 Å². The molecule has 2 aliphatic heterocycles. The zero-order chi connectivity index (χ0) is 31.2. The predicted molar refractivity (Wildman–Crippen MR) is 179 cm³/mol. The van der Waals surface area contributed by atoms with E-state index in [1.807, 2.05) is 36.9 Å². The molecule has 1 aromatic heterocycles. The second-order valence-electron chi connectivity index (χ2n) is 13.5. The van der Waals surface area contributed by atoms with Crippen molar-refractivity contribution in [1.82, 2.24) is 19.8 Å². The van der Waals surface area contributed by atoms with E-state index in [1.165, 1.54) is 12.1 Å². The van der Waals surface area contributed by atoms with Crippen LogP contribution in [0.15, 0.2) is 53.4 Å². The molecule has 1 saturated carbocycles. The van der Waals surface area contributed by atoms with Gasteiger partial charge in [0.15, 0.2) is 0 Å². The number of hydrogen-bond donors (Lipinski definition) is 1. The number of aromatic nitrogens is 2. The molecule has 4 bridgehead atoms. The number of nitrogens with one attached hydrogen (secondary N) is 1. The molecule has 45 heavy (non-hydrogen) atoms. The predicted octanol–water partition coefficient (Wildman–Crippen LogP) is 6.11. The highest BCUT2D eigenvalue weighted by Crippen LogP contribution is 2.51. The lowest BCUT2D eigenvalue weighted by atomic mass is 9.59. The molecule has 0 radical (unpaired) electrons. The average Bonchev–Trinajstić information content (AvgIpc) is 2.95. The van der Waals surface area contributed by atoms with Crippen molar-refractivity contribution in [3.05, 3.63) is 65.2 Å². The van der Waals surface area contributed by atoms with Gasteiger partial charge in [-0.05, 0) is 107 Å². The largest absolute Gasteiger partial charge is 0.475 e. The number of anilines is 1. The number of amides is 1. The van der Waals surface area contributed by atoms with Crippen molar-refractivity contribution >= 4 is 34.3 Å². The third-order valence-electron chi connectivity index (χ3n) is 9.63. The molecule has 242 valence electrons. The molecule has 11 heteroatoms. The highest BCUT2D eigenvalue weighted by molar-refractivity contribution is 7.92. The molecule has 1 spiro atoms. The van der Waals surface area contributed by atoms with Crippen LogP contribution in [0.1, 0.15) is 67.4 Å². The van der Waals surface area contributed by atoms with Crippen molar-refractivity contribution < 1.29 is 17.9 Å². The third kappa shape index (κ3) is 6.83. The van der Waals surface area contributed by atoms with Gasteiger partial charge in [-0.3, -0.25) is 4.79 Å². The lowest BCUT2D eigenvalue weighted by Gasteiger charge is -2.56. The maximum absolute atomic E-state index is 14.4. The number of piperidine rings is 1. The van der Waals surface area contributed by atoms with Crippen molar-refractivity contribution in [2.24, 2.45) is 11.3 Å². The molecular weight excluding hydrogens is 610 g/mol. The first-order valence-electron chi connectivity index (χ1n) is 15.7. The summed E-state index contributed by atoms with van der Waals surface area (Å²) in [6, 6.07) is 13.9. The molecule has 1 saturated heterocycles. The molecule has 3 aliphatic rings. The molecular formula is C34H44ClN5O4S. The lowest BCUT2D eigenvalue weighted by Crippen LogP contribution is -2.59. The summed E-state index contributed by atoms with van der Waals surface area (Å²) in [5.74, 6) is 0.350. The Bertz CT molecular complexity index is 1640. The van der Waals surface area contributed by atoms with E-state index in [0.717, 1.165) is 61.9 Å². The molecule has 2 fully saturated rings. The molecule has 1 N–H and O–H groups in total. The number of benzene rings is 2. The van der Waals surface area contributed by atoms with Crippen molar-refractivity contribution in [1.29, 1.82) is 0 Å². The molecule has 6 rings (SSSR count). The van der Waals surface area contributed by atoms with E-state index in [1.54, 1.807) is 18.2 Å². The number of fused-ring (bicyclic) bond motifs is 4. The van der Waals surface area contributed by atoms with E-state index in [9.17, 15) is 13.2 Å². The summed E-state index contributed by atoms with van der Waals surface area (Å²) < 4.78 is 36.2. The second-order valence-corrected chi connectivity index (χ2v) is 15.2. The number of nitrogens with zero attached hydrogens (tertiary/aromatic N) is 4. The maximum atomic E-state index is 14.4. The van der Waals surface area contributed by atoms with Gasteiger partial charge in [0.1, 0.15) is 6.61 Å². The van der Waals surface area contributed by atoms with E-state index in [-0.39, 0.29) is 59.1 Å². The summed E-state index contributed by atoms with van der Waals surface area (Å²) in [5.41, 5.74) is 4.11. The van der Waals surface area contributed by atoms with Crippen molar-refractivity contribution in [3.63, 3.8) is 0 Å². The Morgan fingerprint density at radius 3 is 2.36 bits per heavy atom. The fraction of sp³-hybridized carbons (Fsp3) is 0.500. The number of carbonyl (C=O) groups is 1. The first-order chi connectivity index (χ1) is 20.9. The molecule has 2 aromatic carbocycles. The Kier molecular flexibility index (Phi) is 9.50. The number of hydrogen-bond acceptors (Lipinski definition) is 7. The molecule has 3 aromatic rings. The number of ether oxygens (including phenoxy) is 1. The first kappa shape index (κ1) is 33.2. The number of sulfonamides is 1. The van der Waals surface area contributed by atoms with Crippen LogP contribution in [-0.4, -0.2) is 72.9 Å². The van der Waals surface area contributed by atoms with Gasteiger partial charge in [0.25, 0.3) is 15.9 Å². The Labute approximate surface area is 273 Å². The Hall–Kier alpha value is -3.21. The number of likely N-dealkylation sites (tertiary alicyclic amines) is 1. The molecule has 9 nitrogen and oxygen atoms in total. The number of carbonyl (C=O) groups excluding carboxylic acids is 1. The van der Waals surface area contributed by atoms with Crippen molar-refractivity contribution in [2.45, 2.75) is 76.8 Å². The zero-order valence-corrected chi connectivity index (χ0v) is 28.4. The first-order valence-corrected chi connectivity index (χ1v) is 17.1. The van der Waals surface area contributed by atoms with Gasteiger partial charge in [0.2, 0.25) is 11.8 Å². The number of aryl methyl sites for hydroxylation is 2. The summed E-state index contributed by atoms with van der Waals surface area (Å²) in [5, 5.41) is 0. The summed E-state index contributed by atoms with van der Waals surface area (Å²) in [4.78, 5) is 27.9. The van der Waals surface area contributed by atoms with Gasteiger partial charge < -0.3 is 14.5 Å². The maximum Gasteiger partial charge on any atom is 0.264 e. The van der Waals surface area contributed by atoms with Gasteiger partial charge in [-0.25, -0.2) is 18.1 Å². The minimum absolute atomic E-state index is 0. The minimum Gasteiger partial charge on any atom is -0.475 e. The smallest absolute Gasteiger partial charge is 0.264 e. The zero-order valence-electron chi connectivity index (χ0n) is 26.7. The second kappa shape index (κ2) is 12.9. The van der Waals surface area contributed by atoms with E-state index >= 15 is 0 Å². The van der Waals surface area contributed by atoms with Crippen molar-refractivity contribution in [3.8, 4) is 17.1 Å². The van der Waals surface area contributed by atoms with Gasteiger partial charge in [-0.1, -0.05) is 38.1 Å². The van der Waals surface area contributed by atoms with Gasteiger partial charge in [-0.2, -0.15) is 4.98 Å². The summed E-state index contributed by atoms with van der Waals surface area (Å²) >= 11 is 0. The lowest BCUT2D eigenvalue weighted by molar-refractivity contribution is -0.0497. The average molecular weight is 654 g/mol. The molecule has 3 heterocycles. The standard InChI is InChI=1S/C34H43N5O4S.ClH/c1-22(2)16-26-21-43-30-18-29(31-23(3)8-6-9-24(31)4)35-33(36-30)37-44(41,42)28-11-7-10-25(17-28)32(40)39(26)27-19-34(20-27)12-14-38(5)15-13-34;/h6-11,17-18,22,26-27H,12-16,19-21H2,1-5H3,(H,35,36,37);1H/t26-;/m1./s1. The Balaban J connectivity index is 0.00000400. The normalized spacial score (nSPS) is 21.4. The topological polar surface area (TPSA) is 105 Å². The van der Waals surface area contributed by atoms with Crippen LogP contribution in [0.2, 0.25) is 0 Å². The minimum atomic E-state index is -4.10. The van der Waals surface area contributed by atoms with E-state index < -0.39 is 10.0 Å². The molecule has 0 unspecified atom stereocenters. The molecule has 1 aliphatic carbocycles. The Morgan fingerprint density at radius 2 is 1.69 bits per heavy atom. The highest BCUT2D eigenvalue weighted by atomic mass is 35.5. The monoisotopic (exact) mass is 653 g/mol. The van der Waals surface area contributed by atoms with E-state index in [0.29, 0.717) is 17.2 Å². The van der Waals surface area contributed by atoms with Crippen LogP contribution < -0.4 is 9.46 Å².